The lowest BCUT2D eigenvalue weighted by molar-refractivity contribution is -0.133. The molecule has 1 aliphatic heterocycles. The average molecular weight is 478 g/mol. The lowest BCUT2D eigenvalue weighted by Crippen LogP contribution is -2.46. The van der Waals surface area contributed by atoms with Gasteiger partial charge in [-0.25, -0.2) is 14.4 Å². The zero-order valence-electron chi connectivity index (χ0n) is 19.1. The molecular formula is C24H24FN7O3. The monoisotopic (exact) mass is 477 g/mol. The lowest BCUT2D eigenvalue weighted by atomic mass is 10.1. The Labute approximate surface area is 200 Å². The minimum Gasteiger partial charge on any atom is -0.432 e. The van der Waals surface area contributed by atoms with Crippen LogP contribution in [0.5, 0.6) is 0 Å². The zero-order chi connectivity index (χ0) is 24.4. The summed E-state index contributed by atoms with van der Waals surface area (Å²) in [5, 5.41) is 5.91. The largest absolute Gasteiger partial charge is 0.432 e. The van der Waals surface area contributed by atoms with Crippen LogP contribution in [0, 0.1) is 5.82 Å². The van der Waals surface area contributed by atoms with Gasteiger partial charge in [0.2, 0.25) is 17.8 Å². The first-order chi connectivity index (χ1) is 17.0. The van der Waals surface area contributed by atoms with Gasteiger partial charge in [0, 0.05) is 44.0 Å². The molecule has 4 heterocycles. The summed E-state index contributed by atoms with van der Waals surface area (Å²) in [6.45, 7) is 2.58. The Hall–Kier alpha value is -4.28. The second kappa shape index (κ2) is 9.53. The van der Waals surface area contributed by atoms with Gasteiger partial charge in [-0.3, -0.25) is 14.0 Å². The molecule has 1 saturated heterocycles. The third-order valence-corrected chi connectivity index (χ3v) is 5.95. The van der Waals surface area contributed by atoms with Crippen molar-refractivity contribution in [1.29, 1.82) is 0 Å². The lowest BCUT2D eigenvalue weighted by Gasteiger charge is -2.32. The molecule has 180 valence electrons. The highest BCUT2D eigenvalue weighted by molar-refractivity contribution is 5.83. The molecule has 35 heavy (non-hydrogen) atoms. The van der Waals surface area contributed by atoms with Crippen LogP contribution in [0.1, 0.15) is 19.8 Å². The van der Waals surface area contributed by atoms with Gasteiger partial charge in [0.25, 0.3) is 0 Å². The van der Waals surface area contributed by atoms with E-state index >= 15 is 0 Å². The fourth-order valence-electron chi connectivity index (χ4n) is 4.17. The number of benzene rings is 1. The molecule has 0 atom stereocenters. The molecule has 2 N–H and O–H groups in total. The summed E-state index contributed by atoms with van der Waals surface area (Å²) < 4.78 is 20.7. The van der Waals surface area contributed by atoms with Crippen LogP contribution in [0.4, 0.5) is 10.3 Å². The van der Waals surface area contributed by atoms with Crippen molar-refractivity contribution in [3.63, 3.8) is 0 Å². The van der Waals surface area contributed by atoms with Crippen molar-refractivity contribution in [2.24, 2.45) is 0 Å². The summed E-state index contributed by atoms with van der Waals surface area (Å²) in [5.41, 5.74) is 2.72. The molecular weight excluding hydrogens is 453 g/mol. The molecule has 11 heteroatoms. The van der Waals surface area contributed by atoms with E-state index in [1.165, 1.54) is 19.1 Å². The predicted molar refractivity (Wildman–Crippen MR) is 126 cm³/mol. The van der Waals surface area contributed by atoms with Crippen molar-refractivity contribution >= 4 is 23.6 Å². The van der Waals surface area contributed by atoms with Crippen LogP contribution in [-0.2, 0) is 9.59 Å². The summed E-state index contributed by atoms with van der Waals surface area (Å²) in [6.07, 6.45) is 6.44. The maximum atomic E-state index is 13.5. The van der Waals surface area contributed by atoms with E-state index < -0.39 is 0 Å². The first-order valence-electron chi connectivity index (χ1n) is 11.3. The molecule has 3 aromatic heterocycles. The van der Waals surface area contributed by atoms with Crippen LogP contribution in [0.15, 0.2) is 53.4 Å². The molecule has 0 bridgehead atoms. The molecule has 1 fully saturated rings. The van der Waals surface area contributed by atoms with Crippen LogP contribution >= 0.6 is 0 Å². The van der Waals surface area contributed by atoms with Crippen LogP contribution in [0.3, 0.4) is 0 Å². The number of nitrogens with one attached hydrogen (secondary N) is 2. The summed E-state index contributed by atoms with van der Waals surface area (Å²) in [5.74, 6) is 0.239. The normalized spacial score (nSPS) is 14.3. The molecule has 2 amide bonds. The number of anilines is 1. The second-order valence-electron chi connectivity index (χ2n) is 8.35. The Morgan fingerprint density at radius 1 is 1.14 bits per heavy atom. The topological polar surface area (TPSA) is 118 Å². The number of fused-ring (bicyclic) bond motifs is 1. The Kier molecular flexibility index (Phi) is 6.13. The second-order valence-corrected chi connectivity index (χ2v) is 8.35. The molecule has 1 aliphatic rings. The molecule has 0 spiro atoms. The number of likely N-dealkylation sites (tertiary alicyclic amines) is 1. The van der Waals surface area contributed by atoms with Gasteiger partial charge in [-0.1, -0.05) is 0 Å². The summed E-state index contributed by atoms with van der Waals surface area (Å²) in [6, 6.07) is 8.01. The SMILES string of the molecule is CC(=O)NCC(=O)N1CCC(Nc2nccc(-c3c(-c4ccc(F)cc4)nc4occn34)n2)CC1. The molecule has 5 rings (SSSR count). The van der Waals surface area contributed by atoms with E-state index in [1.54, 1.807) is 46.2 Å². The summed E-state index contributed by atoms with van der Waals surface area (Å²) in [4.78, 5) is 38.7. The van der Waals surface area contributed by atoms with Gasteiger partial charge in [0.1, 0.15) is 23.5 Å². The maximum Gasteiger partial charge on any atom is 0.306 e. The number of carbonyl (C=O) groups is 2. The standard InChI is InChI=1S/C24H24FN7O3/c1-15(33)27-14-20(34)31-10-7-18(8-11-31)28-23-26-9-6-19(29-23)22-21(16-2-4-17(25)5-3-16)30-24-32(22)12-13-35-24/h2-6,9,12-13,18H,7-8,10-11,14H2,1H3,(H,27,33)(H,26,28,29). The molecule has 0 saturated carbocycles. The third kappa shape index (κ3) is 4.84. The molecule has 4 aromatic rings. The number of oxazole rings is 1. The number of carbonyl (C=O) groups excluding carboxylic acids is 2. The molecule has 1 aromatic carbocycles. The van der Waals surface area contributed by atoms with Crippen LogP contribution in [0.25, 0.3) is 28.5 Å². The molecule has 0 radical (unpaired) electrons. The van der Waals surface area contributed by atoms with Crippen LogP contribution in [-0.4, -0.2) is 61.7 Å². The number of hydrogen-bond acceptors (Lipinski definition) is 7. The zero-order valence-corrected chi connectivity index (χ0v) is 19.1. The Bertz CT molecular complexity index is 1360. The van der Waals surface area contributed by atoms with Crippen molar-refractivity contribution in [3.05, 3.63) is 54.8 Å². The first kappa shape index (κ1) is 22.5. The van der Waals surface area contributed by atoms with Gasteiger partial charge in [-0.15, -0.1) is 0 Å². The highest BCUT2D eigenvalue weighted by Gasteiger charge is 2.24. The van der Waals surface area contributed by atoms with Crippen molar-refractivity contribution in [2.75, 3.05) is 25.0 Å². The minimum atomic E-state index is -0.324. The fourth-order valence-corrected chi connectivity index (χ4v) is 4.17. The van der Waals surface area contributed by atoms with E-state index in [0.717, 1.165) is 18.4 Å². The number of aromatic nitrogens is 4. The fraction of sp³-hybridized carbons (Fsp3) is 0.292. The van der Waals surface area contributed by atoms with Crippen molar-refractivity contribution < 1.29 is 18.4 Å². The van der Waals surface area contributed by atoms with E-state index in [2.05, 4.69) is 20.6 Å². The minimum absolute atomic E-state index is 0.0167. The van der Waals surface area contributed by atoms with Crippen molar-refractivity contribution in [3.8, 4) is 22.6 Å². The number of nitrogens with zero attached hydrogens (tertiary/aromatic N) is 5. The van der Waals surface area contributed by atoms with Crippen LogP contribution in [0.2, 0.25) is 0 Å². The summed E-state index contributed by atoms with van der Waals surface area (Å²) >= 11 is 0. The summed E-state index contributed by atoms with van der Waals surface area (Å²) in [7, 11) is 0. The Balaban J connectivity index is 1.33. The molecule has 10 nitrogen and oxygen atoms in total. The smallest absolute Gasteiger partial charge is 0.306 e. The van der Waals surface area contributed by atoms with Crippen molar-refractivity contribution in [1.82, 2.24) is 29.6 Å². The number of imidazole rings is 1. The third-order valence-electron chi connectivity index (χ3n) is 5.95. The number of halogens is 1. The number of piperidine rings is 1. The molecule has 0 aliphatic carbocycles. The van der Waals surface area contributed by atoms with E-state index in [1.807, 2.05) is 0 Å². The Morgan fingerprint density at radius 2 is 1.91 bits per heavy atom. The van der Waals surface area contributed by atoms with Crippen LogP contribution < -0.4 is 10.6 Å². The Morgan fingerprint density at radius 3 is 2.66 bits per heavy atom. The average Bonchev–Trinajstić information content (AvgIpc) is 3.45. The predicted octanol–water partition coefficient (Wildman–Crippen LogP) is 2.73. The maximum absolute atomic E-state index is 13.5. The van der Waals surface area contributed by atoms with Gasteiger partial charge in [0.15, 0.2) is 0 Å². The quantitative estimate of drug-likeness (QED) is 0.438. The van der Waals surface area contributed by atoms with Crippen molar-refractivity contribution in [2.45, 2.75) is 25.8 Å². The number of hydrogen-bond donors (Lipinski definition) is 2. The van der Waals surface area contributed by atoms with Gasteiger partial charge < -0.3 is 20.0 Å². The van der Waals surface area contributed by atoms with Gasteiger partial charge in [-0.05, 0) is 43.2 Å². The van der Waals surface area contributed by atoms with E-state index in [9.17, 15) is 14.0 Å². The van der Waals surface area contributed by atoms with Gasteiger partial charge in [0.05, 0.1) is 12.2 Å². The highest BCUT2D eigenvalue weighted by atomic mass is 19.1. The van der Waals surface area contributed by atoms with E-state index in [-0.39, 0.29) is 30.2 Å². The van der Waals surface area contributed by atoms with E-state index in [0.29, 0.717) is 42.0 Å². The van der Waals surface area contributed by atoms with Gasteiger partial charge in [-0.2, -0.15) is 4.98 Å². The first-order valence-corrected chi connectivity index (χ1v) is 11.3. The number of rotatable bonds is 6. The van der Waals surface area contributed by atoms with Gasteiger partial charge >= 0.3 is 5.84 Å². The molecule has 0 unspecified atom stereocenters. The van der Waals surface area contributed by atoms with E-state index in [4.69, 9.17) is 9.40 Å². The number of amides is 2. The highest BCUT2D eigenvalue weighted by Crippen LogP contribution is 2.32.